The average molecular weight is 338 g/mol. The quantitative estimate of drug-likeness (QED) is 0.832. The summed E-state index contributed by atoms with van der Waals surface area (Å²) in [5.74, 6) is 0.0542. The number of nitrogens with zero attached hydrogens (tertiary/aromatic N) is 2. The Bertz CT molecular complexity index is 807. The standard InChI is InChI=1S/C21H26N2O2/c1-15(2)23(16(3)4)21(25)19-11-8-17(9-12-19)6-7-18-10-13-20(24)22(5)14-18/h6-16H,1-5H3/b7-6+. The van der Waals surface area contributed by atoms with E-state index in [2.05, 4.69) is 0 Å². The number of hydrogen-bond donors (Lipinski definition) is 0. The van der Waals surface area contributed by atoms with Crippen LogP contribution < -0.4 is 5.56 Å². The molecule has 0 N–H and O–H groups in total. The number of rotatable bonds is 5. The summed E-state index contributed by atoms with van der Waals surface area (Å²) in [5, 5.41) is 0. The maximum atomic E-state index is 12.7. The number of hydrogen-bond acceptors (Lipinski definition) is 2. The first-order chi connectivity index (χ1) is 11.8. The fraction of sp³-hybridized carbons (Fsp3) is 0.333. The van der Waals surface area contributed by atoms with Crippen LogP contribution in [0.3, 0.4) is 0 Å². The number of benzene rings is 1. The first-order valence-electron chi connectivity index (χ1n) is 8.57. The summed E-state index contributed by atoms with van der Waals surface area (Å²) in [6.45, 7) is 8.12. The first kappa shape index (κ1) is 18.7. The lowest BCUT2D eigenvalue weighted by Crippen LogP contribution is -2.42. The van der Waals surface area contributed by atoms with Gasteiger partial charge < -0.3 is 9.47 Å². The second-order valence-electron chi connectivity index (χ2n) is 6.77. The fourth-order valence-corrected chi connectivity index (χ4v) is 2.86. The van der Waals surface area contributed by atoms with Crippen LogP contribution >= 0.6 is 0 Å². The minimum atomic E-state index is -0.0279. The van der Waals surface area contributed by atoms with E-state index in [1.54, 1.807) is 29.9 Å². The second kappa shape index (κ2) is 7.97. The zero-order chi connectivity index (χ0) is 18.6. The van der Waals surface area contributed by atoms with E-state index in [0.717, 1.165) is 11.1 Å². The van der Waals surface area contributed by atoms with Crippen LogP contribution in [-0.2, 0) is 7.05 Å². The smallest absolute Gasteiger partial charge is 0.254 e. The molecule has 1 amide bonds. The van der Waals surface area contributed by atoms with E-state index < -0.39 is 0 Å². The van der Waals surface area contributed by atoms with Crippen molar-refractivity contribution in [3.05, 3.63) is 69.6 Å². The Kier molecular flexibility index (Phi) is 5.97. The van der Waals surface area contributed by atoms with Crippen LogP contribution in [0.15, 0.2) is 47.4 Å². The molecule has 2 aromatic rings. The normalized spacial score (nSPS) is 11.5. The number of carbonyl (C=O) groups excluding carboxylic acids is 1. The summed E-state index contributed by atoms with van der Waals surface area (Å²) >= 11 is 0. The first-order valence-corrected chi connectivity index (χ1v) is 8.57. The Hall–Kier alpha value is -2.62. The van der Waals surface area contributed by atoms with Crippen molar-refractivity contribution in [2.75, 3.05) is 0 Å². The summed E-state index contributed by atoms with van der Waals surface area (Å²) in [6.07, 6.45) is 5.71. The van der Waals surface area contributed by atoms with Gasteiger partial charge in [-0.2, -0.15) is 0 Å². The highest BCUT2D eigenvalue weighted by atomic mass is 16.2. The number of aromatic nitrogens is 1. The molecule has 0 aliphatic heterocycles. The largest absolute Gasteiger partial charge is 0.334 e. The lowest BCUT2D eigenvalue weighted by Gasteiger charge is -2.30. The third kappa shape index (κ3) is 4.69. The van der Waals surface area contributed by atoms with Crippen molar-refractivity contribution >= 4 is 18.1 Å². The van der Waals surface area contributed by atoms with Crippen LogP contribution in [0, 0.1) is 0 Å². The number of aryl methyl sites for hydroxylation is 1. The van der Waals surface area contributed by atoms with Crippen LogP contribution in [-0.4, -0.2) is 27.5 Å². The van der Waals surface area contributed by atoms with Crippen LogP contribution in [0.2, 0.25) is 0 Å². The summed E-state index contributed by atoms with van der Waals surface area (Å²) in [5.41, 5.74) is 2.63. The summed E-state index contributed by atoms with van der Waals surface area (Å²) in [6, 6.07) is 11.3. The molecule has 0 saturated carbocycles. The van der Waals surface area contributed by atoms with E-state index in [-0.39, 0.29) is 23.6 Å². The summed E-state index contributed by atoms with van der Waals surface area (Å²) < 4.78 is 1.55. The minimum Gasteiger partial charge on any atom is -0.334 e. The van der Waals surface area contributed by atoms with Gasteiger partial charge in [-0.15, -0.1) is 0 Å². The maximum absolute atomic E-state index is 12.7. The highest BCUT2D eigenvalue weighted by molar-refractivity contribution is 5.94. The maximum Gasteiger partial charge on any atom is 0.254 e. The Labute approximate surface area is 149 Å². The van der Waals surface area contributed by atoms with Crippen molar-refractivity contribution in [3.63, 3.8) is 0 Å². The van der Waals surface area contributed by atoms with Gasteiger partial charge in [0.1, 0.15) is 0 Å². The van der Waals surface area contributed by atoms with Gasteiger partial charge in [-0.05, 0) is 57.0 Å². The average Bonchev–Trinajstić information content (AvgIpc) is 2.55. The molecule has 25 heavy (non-hydrogen) atoms. The second-order valence-corrected chi connectivity index (χ2v) is 6.77. The molecule has 0 spiro atoms. The number of amides is 1. The van der Waals surface area contributed by atoms with E-state index >= 15 is 0 Å². The van der Waals surface area contributed by atoms with Crippen LogP contribution in [0.25, 0.3) is 12.2 Å². The van der Waals surface area contributed by atoms with E-state index in [9.17, 15) is 9.59 Å². The zero-order valence-electron chi connectivity index (χ0n) is 15.6. The third-order valence-electron chi connectivity index (χ3n) is 4.08. The highest BCUT2D eigenvalue weighted by Crippen LogP contribution is 2.14. The van der Waals surface area contributed by atoms with E-state index in [1.165, 1.54) is 0 Å². The Morgan fingerprint density at radius 2 is 1.44 bits per heavy atom. The van der Waals surface area contributed by atoms with E-state index in [0.29, 0.717) is 5.56 Å². The van der Waals surface area contributed by atoms with Gasteiger partial charge in [0.05, 0.1) is 0 Å². The highest BCUT2D eigenvalue weighted by Gasteiger charge is 2.21. The number of pyridine rings is 1. The van der Waals surface area contributed by atoms with Gasteiger partial charge in [0.25, 0.3) is 5.91 Å². The van der Waals surface area contributed by atoms with Crippen molar-refractivity contribution in [2.24, 2.45) is 7.05 Å². The predicted octanol–water partition coefficient (Wildman–Crippen LogP) is 3.81. The minimum absolute atomic E-state index is 0.0279. The van der Waals surface area contributed by atoms with E-state index in [4.69, 9.17) is 0 Å². The summed E-state index contributed by atoms with van der Waals surface area (Å²) in [4.78, 5) is 25.9. The van der Waals surface area contributed by atoms with Crippen LogP contribution in [0.5, 0.6) is 0 Å². The molecule has 0 unspecified atom stereocenters. The molecule has 4 heteroatoms. The SMILES string of the molecule is CC(C)N(C(=O)c1ccc(/C=C/c2ccc(=O)n(C)c2)cc1)C(C)C. The van der Waals surface area contributed by atoms with Gasteiger partial charge in [-0.1, -0.05) is 24.3 Å². The molecule has 4 nitrogen and oxygen atoms in total. The molecule has 0 fully saturated rings. The molecule has 0 aliphatic carbocycles. The van der Waals surface area contributed by atoms with Gasteiger partial charge in [0.2, 0.25) is 5.56 Å². The molecule has 1 aromatic heterocycles. The zero-order valence-corrected chi connectivity index (χ0v) is 15.6. The van der Waals surface area contributed by atoms with Crippen molar-refractivity contribution in [1.82, 2.24) is 9.47 Å². The van der Waals surface area contributed by atoms with Gasteiger partial charge in [-0.3, -0.25) is 9.59 Å². The Balaban J connectivity index is 2.16. The van der Waals surface area contributed by atoms with Crippen LogP contribution in [0.1, 0.15) is 49.2 Å². The predicted molar refractivity (Wildman–Crippen MR) is 103 cm³/mol. The molecule has 1 heterocycles. The van der Waals surface area contributed by atoms with Gasteiger partial charge >= 0.3 is 0 Å². The third-order valence-corrected chi connectivity index (χ3v) is 4.08. The van der Waals surface area contributed by atoms with Crippen molar-refractivity contribution < 1.29 is 4.79 Å². The van der Waals surface area contributed by atoms with Gasteiger partial charge in [-0.25, -0.2) is 0 Å². The molecule has 0 bridgehead atoms. The number of carbonyl (C=O) groups is 1. The van der Waals surface area contributed by atoms with Crippen molar-refractivity contribution in [2.45, 2.75) is 39.8 Å². The van der Waals surface area contributed by atoms with Gasteiger partial charge in [0, 0.05) is 37.0 Å². The summed E-state index contributed by atoms with van der Waals surface area (Å²) in [7, 11) is 1.73. The van der Waals surface area contributed by atoms with Crippen molar-refractivity contribution in [1.29, 1.82) is 0 Å². The monoisotopic (exact) mass is 338 g/mol. The fourth-order valence-electron chi connectivity index (χ4n) is 2.86. The van der Waals surface area contributed by atoms with Crippen molar-refractivity contribution in [3.8, 4) is 0 Å². The molecule has 0 atom stereocenters. The topological polar surface area (TPSA) is 42.3 Å². The molecular formula is C21H26N2O2. The molecule has 1 aromatic carbocycles. The molecule has 2 rings (SSSR count). The molecule has 0 aliphatic rings. The van der Waals surface area contributed by atoms with Crippen LogP contribution in [0.4, 0.5) is 0 Å². The Morgan fingerprint density at radius 3 is 1.96 bits per heavy atom. The van der Waals surface area contributed by atoms with E-state index in [1.807, 2.05) is 69.0 Å². The lowest BCUT2D eigenvalue weighted by molar-refractivity contribution is 0.0643. The lowest BCUT2D eigenvalue weighted by atomic mass is 10.1. The van der Waals surface area contributed by atoms with Gasteiger partial charge in [0.15, 0.2) is 0 Å². The molecule has 0 radical (unpaired) electrons. The Morgan fingerprint density at radius 1 is 0.920 bits per heavy atom. The molecule has 132 valence electrons. The molecule has 0 saturated heterocycles. The molecular weight excluding hydrogens is 312 g/mol.